The van der Waals surface area contributed by atoms with E-state index in [1.54, 1.807) is 0 Å². The molecule has 2 bridgehead atoms. The van der Waals surface area contributed by atoms with Crippen LogP contribution in [0.4, 0.5) is 0 Å². The molecule has 1 aliphatic carbocycles. The summed E-state index contributed by atoms with van der Waals surface area (Å²) in [6, 6.07) is 1.21. The maximum absolute atomic E-state index is 11.5. The van der Waals surface area contributed by atoms with Crippen molar-refractivity contribution in [1.82, 2.24) is 4.90 Å². The van der Waals surface area contributed by atoms with Gasteiger partial charge in [-0.1, -0.05) is 13.8 Å². The van der Waals surface area contributed by atoms with E-state index in [1.165, 1.54) is 25.8 Å². The van der Waals surface area contributed by atoms with E-state index in [1.807, 2.05) is 0 Å². The lowest BCUT2D eigenvalue weighted by molar-refractivity contribution is -0.123. The molecular weight excluding hydrogens is 186 g/mol. The zero-order chi connectivity index (χ0) is 10.6. The van der Waals surface area contributed by atoms with Crippen LogP contribution in [0.25, 0.3) is 0 Å². The van der Waals surface area contributed by atoms with Gasteiger partial charge in [0.15, 0.2) is 0 Å². The Bertz CT molecular complexity index is 281. The number of fused-ring (bicyclic) bond motifs is 2. The molecular formula is C13H21NO. The predicted octanol–water partition coefficient (Wildman–Crippen LogP) is 2.23. The molecule has 0 spiro atoms. The molecule has 2 aliphatic heterocycles. The molecule has 0 aromatic heterocycles. The molecule has 0 radical (unpaired) electrons. The van der Waals surface area contributed by atoms with Crippen molar-refractivity contribution in [3.8, 4) is 0 Å². The molecule has 2 heterocycles. The van der Waals surface area contributed by atoms with E-state index in [0.29, 0.717) is 23.3 Å². The summed E-state index contributed by atoms with van der Waals surface area (Å²) in [7, 11) is 0. The molecule has 3 aliphatic rings. The number of piperidine rings is 1. The third-order valence-electron chi connectivity index (χ3n) is 4.85. The second-order valence-electron chi connectivity index (χ2n) is 6.42. The summed E-state index contributed by atoms with van der Waals surface area (Å²) in [6.07, 6.45) is 5.59. The van der Waals surface area contributed by atoms with Crippen LogP contribution in [0.5, 0.6) is 0 Å². The maximum atomic E-state index is 11.5. The van der Waals surface area contributed by atoms with Crippen LogP contribution in [0.2, 0.25) is 0 Å². The summed E-state index contributed by atoms with van der Waals surface area (Å²) < 4.78 is 0. The quantitative estimate of drug-likeness (QED) is 0.692. The van der Waals surface area contributed by atoms with Gasteiger partial charge in [-0.2, -0.15) is 0 Å². The van der Waals surface area contributed by atoms with Crippen LogP contribution in [-0.2, 0) is 4.79 Å². The molecule has 0 aromatic rings. The van der Waals surface area contributed by atoms with Crippen LogP contribution in [0, 0.1) is 11.3 Å². The minimum atomic E-state index is 0.508. The van der Waals surface area contributed by atoms with Gasteiger partial charge in [0.05, 0.1) is 0 Å². The smallest absolute Gasteiger partial charge is 0.136 e. The molecule has 2 nitrogen and oxygen atoms in total. The van der Waals surface area contributed by atoms with E-state index in [-0.39, 0.29) is 0 Å². The second-order valence-corrected chi connectivity index (χ2v) is 6.42. The van der Waals surface area contributed by atoms with E-state index in [0.717, 1.165) is 18.8 Å². The Morgan fingerprint density at radius 3 is 2.27 bits per heavy atom. The average Bonchev–Trinajstić information content (AvgIpc) is 2.67. The van der Waals surface area contributed by atoms with Gasteiger partial charge in [0, 0.05) is 31.5 Å². The molecule has 0 N–H and O–H groups in total. The van der Waals surface area contributed by atoms with Crippen molar-refractivity contribution in [2.75, 3.05) is 6.54 Å². The molecule has 3 unspecified atom stereocenters. The normalized spacial score (nSPS) is 43.3. The Morgan fingerprint density at radius 1 is 1.27 bits per heavy atom. The third kappa shape index (κ3) is 1.63. The second kappa shape index (κ2) is 3.07. The van der Waals surface area contributed by atoms with Gasteiger partial charge in [-0.05, 0) is 30.6 Å². The first kappa shape index (κ1) is 9.83. The van der Waals surface area contributed by atoms with Crippen molar-refractivity contribution in [1.29, 1.82) is 0 Å². The Balaban J connectivity index is 1.65. The Labute approximate surface area is 92.0 Å². The molecule has 3 rings (SSSR count). The van der Waals surface area contributed by atoms with E-state index in [4.69, 9.17) is 0 Å². The standard InChI is InChI=1S/C13H21NO/c1-13(2)7-9(13)8-14-10-3-4-11(14)6-12(15)5-10/h9-11H,3-8H2,1-2H3. The molecule has 1 saturated carbocycles. The van der Waals surface area contributed by atoms with Gasteiger partial charge in [-0.25, -0.2) is 0 Å². The number of carbonyl (C=O) groups excluding carboxylic acids is 1. The first-order chi connectivity index (χ1) is 7.06. The number of hydrogen-bond acceptors (Lipinski definition) is 2. The maximum Gasteiger partial charge on any atom is 0.136 e. The van der Waals surface area contributed by atoms with Gasteiger partial charge >= 0.3 is 0 Å². The van der Waals surface area contributed by atoms with Crippen LogP contribution in [0.3, 0.4) is 0 Å². The number of hydrogen-bond donors (Lipinski definition) is 0. The van der Waals surface area contributed by atoms with Crippen LogP contribution in [0.1, 0.15) is 46.0 Å². The fourth-order valence-electron chi connectivity index (χ4n) is 3.50. The lowest BCUT2D eigenvalue weighted by Gasteiger charge is -2.34. The Kier molecular flexibility index (Phi) is 2.01. The monoisotopic (exact) mass is 207 g/mol. The first-order valence-electron chi connectivity index (χ1n) is 6.34. The molecule has 0 amide bonds. The fourth-order valence-corrected chi connectivity index (χ4v) is 3.50. The van der Waals surface area contributed by atoms with Crippen molar-refractivity contribution >= 4 is 5.78 Å². The minimum absolute atomic E-state index is 0.508. The van der Waals surface area contributed by atoms with E-state index in [2.05, 4.69) is 18.7 Å². The highest BCUT2D eigenvalue weighted by Crippen LogP contribution is 2.53. The topological polar surface area (TPSA) is 20.3 Å². The lowest BCUT2D eigenvalue weighted by atomic mass is 10.00. The summed E-state index contributed by atoms with van der Waals surface area (Å²) in [6.45, 7) is 6.00. The molecule has 15 heavy (non-hydrogen) atoms. The highest BCUT2D eigenvalue weighted by atomic mass is 16.1. The van der Waals surface area contributed by atoms with Crippen molar-refractivity contribution in [3.05, 3.63) is 0 Å². The predicted molar refractivity (Wildman–Crippen MR) is 59.6 cm³/mol. The summed E-state index contributed by atoms with van der Waals surface area (Å²) in [4.78, 5) is 14.1. The number of carbonyl (C=O) groups is 1. The third-order valence-corrected chi connectivity index (χ3v) is 4.85. The minimum Gasteiger partial charge on any atom is -0.300 e. The highest BCUT2D eigenvalue weighted by Gasteiger charge is 2.49. The van der Waals surface area contributed by atoms with Gasteiger partial charge in [-0.15, -0.1) is 0 Å². The van der Waals surface area contributed by atoms with Gasteiger partial charge < -0.3 is 0 Å². The highest BCUT2D eigenvalue weighted by molar-refractivity contribution is 5.80. The number of rotatable bonds is 2. The fraction of sp³-hybridized carbons (Fsp3) is 0.923. The Morgan fingerprint density at radius 2 is 1.80 bits per heavy atom. The lowest BCUT2D eigenvalue weighted by Crippen LogP contribution is -2.44. The van der Waals surface area contributed by atoms with Gasteiger partial charge in [-0.3, -0.25) is 9.69 Å². The Hall–Kier alpha value is -0.370. The van der Waals surface area contributed by atoms with Gasteiger partial charge in [0.1, 0.15) is 5.78 Å². The van der Waals surface area contributed by atoms with Crippen molar-refractivity contribution in [2.24, 2.45) is 11.3 Å². The first-order valence-corrected chi connectivity index (χ1v) is 6.34. The van der Waals surface area contributed by atoms with E-state index in [9.17, 15) is 4.79 Å². The number of nitrogens with zero attached hydrogens (tertiary/aromatic N) is 1. The van der Waals surface area contributed by atoms with Crippen LogP contribution >= 0.6 is 0 Å². The average molecular weight is 207 g/mol. The summed E-state index contributed by atoms with van der Waals surface area (Å²) in [5, 5.41) is 0. The molecule has 2 heteroatoms. The molecule has 3 atom stereocenters. The van der Waals surface area contributed by atoms with Crippen LogP contribution in [-0.4, -0.2) is 29.3 Å². The molecule has 3 fully saturated rings. The SMILES string of the molecule is CC1(C)CC1CN1C2CCC1CC(=O)C2. The van der Waals surface area contributed by atoms with Crippen molar-refractivity contribution in [2.45, 2.75) is 58.0 Å². The number of Topliss-reactive ketones (excluding diaryl/α,β-unsaturated/α-hetero) is 1. The van der Waals surface area contributed by atoms with Gasteiger partial charge in [0.25, 0.3) is 0 Å². The number of ketones is 1. The zero-order valence-corrected chi connectivity index (χ0v) is 9.83. The summed E-state index contributed by atoms with van der Waals surface area (Å²) in [5.41, 5.74) is 0.584. The van der Waals surface area contributed by atoms with E-state index >= 15 is 0 Å². The summed E-state index contributed by atoms with van der Waals surface area (Å²) in [5.74, 6) is 1.41. The van der Waals surface area contributed by atoms with Crippen molar-refractivity contribution in [3.63, 3.8) is 0 Å². The molecule has 84 valence electrons. The van der Waals surface area contributed by atoms with E-state index < -0.39 is 0 Å². The summed E-state index contributed by atoms with van der Waals surface area (Å²) >= 11 is 0. The van der Waals surface area contributed by atoms with Crippen molar-refractivity contribution < 1.29 is 4.79 Å². The van der Waals surface area contributed by atoms with Gasteiger partial charge in [0.2, 0.25) is 0 Å². The largest absolute Gasteiger partial charge is 0.300 e. The molecule has 2 saturated heterocycles. The molecule has 0 aromatic carbocycles. The van der Waals surface area contributed by atoms with Crippen LogP contribution < -0.4 is 0 Å². The van der Waals surface area contributed by atoms with Crippen LogP contribution in [0.15, 0.2) is 0 Å². The zero-order valence-electron chi connectivity index (χ0n) is 9.83.